The van der Waals surface area contributed by atoms with Crippen LogP contribution in [0, 0.1) is 0 Å². The first-order valence-corrected chi connectivity index (χ1v) is 25.6. The Morgan fingerprint density at radius 1 is 0.492 bits per heavy atom. The van der Waals surface area contributed by atoms with Crippen molar-refractivity contribution in [3.8, 4) is 0 Å². The van der Waals surface area contributed by atoms with Crippen molar-refractivity contribution >= 4 is 19.8 Å². The zero-order valence-electron chi connectivity index (χ0n) is 38.0. The van der Waals surface area contributed by atoms with E-state index in [1.165, 1.54) is 96.3 Å². The van der Waals surface area contributed by atoms with Gasteiger partial charge in [-0.15, -0.1) is 0 Å². The number of phosphoric acid groups is 1. The van der Waals surface area contributed by atoms with Crippen molar-refractivity contribution in [3.05, 3.63) is 24.3 Å². The van der Waals surface area contributed by atoms with Crippen LogP contribution < -0.4 is 0 Å². The highest BCUT2D eigenvalue weighted by molar-refractivity contribution is 7.47. The number of hydrogen-bond donors (Lipinski definition) is 6. The number of carbonyl (C=O) groups excluding carboxylic acids is 2. The topological polar surface area (TPSA) is 210 Å². The van der Waals surface area contributed by atoms with Crippen molar-refractivity contribution in [1.29, 1.82) is 0 Å². The summed E-state index contributed by atoms with van der Waals surface area (Å²) in [4.78, 5) is 35.7. The molecule has 358 valence electrons. The standard InChI is InChI=1S/C47H87O13P/c1-3-5-7-9-11-13-15-17-19-20-22-23-25-27-29-31-33-35-40(48)57-37-39(38-58-61(55,56)60-47-45(53)43(51)42(50)44(52)46(47)54)59-41(49)36-34-32-30-28-26-24-21-18-16-14-12-10-8-6-4-2/h14,16-17,19,39,42-47,50-54H,3-13,15,18,20-38H2,1-2H3,(H,55,56). The fraction of sp³-hybridized carbons (Fsp3) is 0.872. The Labute approximate surface area is 368 Å². The summed E-state index contributed by atoms with van der Waals surface area (Å²) in [6.45, 7) is 3.29. The molecule has 1 saturated carbocycles. The largest absolute Gasteiger partial charge is 0.472 e. The maximum atomic E-state index is 12.8. The molecule has 0 spiro atoms. The molecule has 0 aromatic heterocycles. The lowest BCUT2D eigenvalue weighted by Crippen LogP contribution is -2.64. The van der Waals surface area contributed by atoms with Gasteiger partial charge in [0.2, 0.25) is 0 Å². The first-order chi connectivity index (χ1) is 29.4. The first-order valence-electron chi connectivity index (χ1n) is 24.1. The van der Waals surface area contributed by atoms with E-state index in [-0.39, 0.29) is 12.8 Å². The van der Waals surface area contributed by atoms with Gasteiger partial charge in [-0.2, -0.15) is 0 Å². The number of rotatable bonds is 40. The molecular formula is C47H87O13P. The van der Waals surface area contributed by atoms with Crippen LogP contribution in [0.4, 0.5) is 0 Å². The van der Waals surface area contributed by atoms with Gasteiger partial charge in [-0.05, 0) is 64.2 Å². The Balaban J connectivity index is 2.44. The van der Waals surface area contributed by atoms with Gasteiger partial charge in [0, 0.05) is 12.8 Å². The van der Waals surface area contributed by atoms with E-state index in [1.54, 1.807) is 0 Å². The Kier molecular flexibility index (Phi) is 35.4. The monoisotopic (exact) mass is 891 g/mol. The van der Waals surface area contributed by atoms with Crippen LogP contribution in [-0.4, -0.2) is 98.3 Å². The van der Waals surface area contributed by atoms with Gasteiger partial charge in [0.05, 0.1) is 6.61 Å². The van der Waals surface area contributed by atoms with Gasteiger partial charge in [-0.1, -0.05) is 154 Å². The minimum atomic E-state index is -5.12. The van der Waals surface area contributed by atoms with Crippen molar-refractivity contribution in [3.63, 3.8) is 0 Å². The van der Waals surface area contributed by atoms with Gasteiger partial charge < -0.3 is 39.9 Å². The predicted octanol–water partition coefficient (Wildman–Crippen LogP) is 9.62. The van der Waals surface area contributed by atoms with Gasteiger partial charge in [0.1, 0.15) is 43.2 Å². The number of phosphoric ester groups is 1. The molecule has 1 aliphatic rings. The number of hydrogen-bond acceptors (Lipinski definition) is 12. The number of allylic oxidation sites excluding steroid dienone is 4. The van der Waals surface area contributed by atoms with Crippen LogP contribution in [0.5, 0.6) is 0 Å². The predicted molar refractivity (Wildman–Crippen MR) is 240 cm³/mol. The maximum absolute atomic E-state index is 12.8. The van der Waals surface area contributed by atoms with Crippen LogP contribution in [-0.2, 0) is 32.7 Å². The Morgan fingerprint density at radius 3 is 1.26 bits per heavy atom. The number of esters is 2. The van der Waals surface area contributed by atoms with E-state index < -0.39 is 75.7 Å². The fourth-order valence-electron chi connectivity index (χ4n) is 7.34. The molecule has 6 atom stereocenters. The molecule has 6 unspecified atom stereocenters. The highest BCUT2D eigenvalue weighted by atomic mass is 31.2. The summed E-state index contributed by atoms with van der Waals surface area (Å²) in [5.41, 5.74) is 0. The summed E-state index contributed by atoms with van der Waals surface area (Å²) in [6, 6.07) is 0. The average molecular weight is 891 g/mol. The molecule has 13 nitrogen and oxygen atoms in total. The summed E-state index contributed by atoms with van der Waals surface area (Å²) in [5.74, 6) is -1.10. The number of aliphatic hydroxyl groups excluding tert-OH is 5. The number of aliphatic hydroxyl groups is 5. The van der Waals surface area contributed by atoms with E-state index in [2.05, 4.69) is 38.2 Å². The van der Waals surface area contributed by atoms with Crippen molar-refractivity contribution < 1.29 is 63.1 Å². The second-order valence-corrected chi connectivity index (χ2v) is 18.4. The molecule has 1 aliphatic carbocycles. The highest BCUT2D eigenvalue weighted by Gasteiger charge is 2.51. The smallest absolute Gasteiger partial charge is 0.462 e. The maximum Gasteiger partial charge on any atom is 0.472 e. The number of carbonyl (C=O) groups is 2. The average Bonchev–Trinajstić information content (AvgIpc) is 3.24. The van der Waals surface area contributed by atoms with Crippen LogP contribution >= 0.6 is 7.82 Å². The van der Waals surface area contributed by atoms with Gasteiger partial charge in [0.15, 0.2) is 6.10 Å². The molecule has 0 amide bonds. The van der Waals surface area contributed by atoms with Crippen LogP contribution in [0.1, 0.15) is 206 Å². The van der Waals surface area contributed by atoms with Crippen molar-refractivity contribution in [2.45, 2.75) is 249 Å². The lowest BCUT2D eigenvalue weighted by Gasteiger charge is -2.41. The molecule has 0 saturated heterocycles. The van der Waals surface area contributed by atoms with Crippen molar-refractivity contribution in [1.82, 2.24) is 0 Å². The summed E-state index contributed by atoms with van der Waals surface area (Å²) < 4.78 is 33.6. The lowest BCUT2D eigenvalue weighted by molar-refractivity contribution is -0.220. The Hall–Kier alpha value is -1.67. The number of ether oxygens (including phenoxy) is 2. The van der Waals surface area contributed by atoms with E-state index in [1.807, 2.05) is 0 Å². The van der Waals surface area contributed by atoms with E-state index >= 15 is 0 Å². The molecule has 14 heteroatoms. The number of unbranched alkanes of at least 4 members (excludes halogenated alkanes) is 24. The molecular weight excluding hydrogens is 803 g/mol. The molecule has 0 aromatic carbocycles. The minimum absolute atomic E-state index is 0.0926. The third-order valence-corrected chi connectivity index (χ3v) is 12.3. The quantitative estimate of drug-likeness (QED) is 0.0147. The molecule has 0 heterocycles. The zero-order valence-corrected chi connectivity index (χ0v) is 38.9. The molecule has 0 aromatic rings. The molecule has 6 N–H and O–H groups in total. The van der Waals surface area contributed by atoms with Gasteiger partial charge in [-0.25, -0.2) is 4.57 Å². The fourth-order valence-corrected chi connectivity index (χ4v) is 8.31. The van der Waals surface area contributed by atoms with Crippen LogP contribution in [0.25, 0.3) is 0 Å². The van der Waals surface area contributed by atoms with E-state index in [9.17, 15) is 44.6 Å². The van der Waals surface area contributed by atoms with Crippen LogP contribution in [0.2, 0.25) is 0 Å². The minimum Gasteiger partial charge on any atom is -0.462 e. The van der Waals surface area contributed by atoms with Crippen LogP contribution in [0.3, 0.4) is 0 Å². The van der Waals surface area contributed by atoms with E-state index in [0.717, 1.165) is 70.6 Å². The SMILES string of the molecule is CCCCCCC=CCCCCCCCCCC(=O)OC(COC(=O)CCCCCCCCCC=CCCCCCCCC)COP(=O)(O)OC1C(O)C(O)C(O)C(O)C1O. The Morgan fingerprint density at radius 2 is 0.836 bits per heavy atom. The summed E-state index contributed by atoms with van der Waals surface area (Å²) in [5, 5.41) is 50.2. The van der Waals surface area contributed by atoms with Gasteiger partial charge in [0.25, 0.3) is 0 Å². The summed E-state index contributed by atoms with van der Waals surface area (Å²) in [6.07, 6.45) is 28.0. The summed E-state index contributed by atoms with van der Waals surface area (Å²) >= 11 is 0. The molecule has 1 fully saturated rings. The third-order valence-electron chi connectivity index (χ3n) is 11.3. The molecule has 0 aliphatic heterocycles. The van der Waals surface area contributed by atoms with Crippen LogP contribution in [0.15, 0.2) is 24.3 Å². The second kappa shape index (κ2) is 37.7. The lowest BCUT2D eigenvalue weighted by atomic mass is 9.85. The van der Waals surface area contributed by atoms with Crippen molar-refractivity contribution in [2.24, 2.45) is 0 Å². The van der Waals surface area contributed by atoms with E-state index in [4.69, 9.17) is 18.5 Å². The second-order valence-electron chi connectivity index (χ2n) is 17.0. The highest BCUT2D eigenvalue weighted by Crippen LogP contribution is 2.47. The van der Waals surface area contributed by atoms with E-state index in [0.29, 0.717) is 12.8 Å². The van der Waals surface area contributed by atoms with Gasteiger partial charge >= 0.3 is 19.8 Å². The Bertz CT molecular complexity index is 1170. The zero-order chi connectivity index (χ0) is 45.0. The molecule has 61 heavy (non-hydrogen) atoms. The van der Waals surface area contributed by atoms with Gasteiger partial charge in [-0.3, -0.25) is 18.6 Å². The van der Waals surface area contributed by atoms with Crippen molar-refractivity contribution in [2.75, 3.05) is 13.2 Å². The third kappa shape index (κ3) is 30.2. The first kappa shape index (κ1) is 57.3. The molecule has 0 radical (unpaired) electrons. The normalized spacial score (nSPS) is 22.2. The molecule has 0 bridgehead atoms. The summed E-state index contributed by atoms with van der Waals surface area (Å²) in [7, 11) is -5.12. The molecule has 1 rings (SSSR count).